The summed E-state index contributed by atoms with van der Waals surface area (Å²) in [5.41, 5.74) is 0.380. The minimum atomic E-state index is -1.12. The lowest BCUT2D eigenvalue weighted by Crippen LogP contribution is -2.32. The number of ether oxygens (including phenoxy) is 1. The van der Waals surface area contributed by atoms with Crippen LogP contribution in [0.25, 0.3) is 10.9 Å². The second kappa shape index (κ2) is 8.01. The molecule has 3 rings (SSSR count). The number of para-hydroxylation sites is 1. The summed E-state index contributed by atoms with van der Waals surface area (Å²) < 4.78 is 6.24. The molecule has 9 heteroatoms. The summed E-state index contributed by atoms with van der Waals surface area (Å²) in [5, 5.41) is 13.5. The van der Waals surface area contributed by atoms with E-state index < -0.39 is 23.3 Å². The number of benzene rings is 2. The molecule has 1 atom stereocenters. The number of aliphatic carboxylic acids is 1. The number of hydrogen-bond acceptors (Lipinski definition) is 6. The van der Waals surface area contributed by atoms with Crippen molar-refractivity contribution in [2.24, 2.45) is 5.10 Å². The second-order valence-electron chi connectivity index (χ2n) is 6.55. The van der Waals surface area contributed by atoms with Gasteiger partial charge >= 0.3 is 11.7 Å². The highest BCUT2D eigenvalue weighted by Gasteiger charge is 2.15. The van der Waals surface area contributed by atoms with Crippen LogP contribution in [0.3, 0.4) is 0 Å². The van der Waals surface area contributed by atoms with Crippen molar-refractivity contribution < 1.29 is 14.6 Å². The lowest BCUT2D eigenvalue weighted by atomic mass is 10.2. The van der Waals surface area contributed by atoms with E-state index in [9.17, 15) is 14.4 Å². The Hall–Kier alpha value is -3.88. The third-order valence-electron chi connectivity index (χ3n) is 4.26. The van der Waals surface area contributed by atoms with E-state index in [2.05, 4.69) is 10.1 Å². The van der Waals surface area contributed by atoms with E-state index in [-0.39, 0.29) is 5.75 Å². The van der Waals surface area contributed by atoms with Gasteiger partial charge in [0.05, 0.1) is 17.1 Å². The lowest BCUT2D eigenvalue weighted by Gasteiger charge is -2.17. The number of carboxylic acid groups (broad SMARTS) is 1. The molecule has 2 N–H and O–H groups in total. The van der Waals surface area contributed by atoms with E-state index in [1.807, 2.05) is 19.0 Å². The predicted molar refractivity (Wildman–Crippen MR) is 110 cm³/mol. The number of aromatic nitrogens is 2. The first kappa shape index (κ1) is 19.9. The van der Waals surface area contributed by atoms with Crippen LogP contribution in [-0.4, -0.2) is 47.1 Å². The minimum absolute atomic E-state index is 0.264. The van der Waals surface area contributed by atoms with E-state index in [1.165, 1.54) is 13.1 Å². The molecule has 29 heavy (non-hydrogen) atoms. The molecule has 9 nitrogen and oxygen atoms in total. The lowest BCUT2D eigenvalue weighted by molar-refractivity contribution is -0.144. The molecule has 0 aliphatic heterocycles. The molecule has 0 radical (unpaired) electrons. The van der Waals surface area contributed by atoms with Crippen LogP contribution in [0.4, 0.5) is 5.69 Å². The van der Waals surface area contributed by atoms with Crippen LogP contribution in [0.2, 0.25) is 0 Å². The van der Waals surface area contributed by atoms with E-state index in [0.29, 0.717) is 21.1 Å². The second-order valence-corrected chi connectivity index (χ2v) is 6.55. The molecular formula is C20H20N4O5. The summed E-state index contributed by atoms with van der Waals surface area (Å²) in [6, 6.07) is 11.7. The number of carbonyl (C=O) groups is 1. The highest BCUT2D eigenvalue weighted by atomic mass is 16.5. The Labute approximate surface area is 165 Å². The van der Waals surface area contributed by atoms with Crippen LogP contribution in [0, 0.1) is 0 Å². The van der Waals surface area contributed by atoms with Crippen molar-refractivity contribution in [3.63, 3.8) is 0 Å². The molecule has 0 amide bonds. The van der Waals surface area contributed by atoms with Crippen molar-refractivity contribution in [3.05, 3.63) is 68.9 Å². The summed E-state index contributed by atoms with van der Waals surface area (Å²) in [7, 11) is 3.67. The number of H-pyrrole nitrogens is 1. The highest BCUT2D eigenvalue weighted by molar-refractivity contribution is 5.85. The van der Waals surface area contributed by atoms with Crippen molar-refractivity contribution in [2.75, 3.05) is 19.0 Å². The van der Waals surface area contributed by atoms with Crippen molar-refractivity contribution in [1.82, 2.24) is 9.66 Å². The number of rotatable bonds is 6. The minimum Gasteiger partial charge on any atom is -0.479 e. The number of nitrogens with one attached hydrogen (secondary N) is 1. The van der Waals surface area contributed by atoms with Gasteiger partial charge < -0.3 is 19.7 Å². The van der Waals surface area contributed by atoms with Crippen molar-refractivity contribution in [2.45, 2.75) is 13.0 Å². The third-order valence-corrected chi connectivity index (χ3v) is 4.26. The molecule has 1 aromatic heterocycles. The van der Waals surface area contributed by atoms with E-state index in [0.717, 1.165) is 5.69 Å². The van der Waals surface area contributed by atoms with Gasteiger partial charge in [0.1, 0.15) is 5.75 Å². The fraction of sp³-hybridized carbons (Fsp3) is 0.200. The molecule has 0 unspecified atom stereocenters. The molecule has 2 aromatic carbocycles. The average molecular weight is 396 g/mol. The Morgan fingerprint density at radius 2 is 1.97 bits per heavy atom. The first-order valence-corrected chi connectivity index (χ1v) is 8.77. The van der Waals surface area contributed by atoms with E-state index >= 15 is 0 Å². The maximum absolute atomic E-state index is 12.6. The van der Waals surface area contributed by atoms with Gasteiger partial charge in [0, 0.05) is 31.4 Å². The zero-order chi connectivity index (χ0) is 21.1. The van der Waals surface area contributed by atoms with Gasteiger partial charge in [-0.05, 0) is 31.2 Å². The van der Waals surface area contributed by atoms with Gasteiger partial charge in [-0.15, -0.1) is 4.68 Å². The molecule has 1 heterocycles. The summed E-state index contributed by atoms with van der Waals surface area (Å²) >= 11 is 0. The quantitative estimate of drug-likeness (QED) is 0.610. The van der Waals surface area contributed by atoms with Crippen LogP contribution in [0.1, 0.15) is 12.5 Å². The average Bonchev–Trinajstić information content (AvgIpc) is 2.68. The number of fused-ring (bicyclic) bond motifs is 1. The molecule has 0 bridgehead atoms. The van der Waals surface area contributed by atoms with Gasteiger partial charge in [0.15, 0.2) is 6.10 Å². The number of aromatic amines is 1. The maximum atomic E-state index is 12.6. The van der Waals surface area contributed by atoms with Gasteiger partial charge in [-0.25, -0.2) is 9.59 Å². The number of carboxylic acids is 1. The van der Waals surface area contributed by atoms with Gasteiger partial charge in [-0.2, -0.15) is 5.10 Å². The van der Waals surface area contributed by atoms with Crippen LogP contribution in [-0.2, 0) is 4.79 Å². The van der Waals surface area contributed by atoms with Crippen LogP contribution in [0.5, 0.6) is 5.75 Å². The predicted octanol–water partition coefficient (Wildman–Crippen LogP) is 1.49. The van der Waals surface area contributed by atoms with Crippen molar-refractivity contribution >= 4 is 28.8 Å². The maximum Gasteiger partial charge on any atom is 0.349 e. The van der Waals surface area contributed by atoms with Crippen LogP contribution >= 0.6 is 0 Å². The Morgan fingerprint density at radius 1 is 1.24 bits per heavy atom. The van der Waals surface area contributed by atoms with Gasteiger partial charge in [-0.1, -0.05) is 12.1 Å². The molecule has 0 saturated heterocycles. The Kier molecular flexibility index (Phi) is 5.49. The Bertz CT molecular complexity index is 1210. The zero-order valence-corrected chi connectivity index (χ0v) is 16.1. The normalized spacial score (nSPS) is 12.2. The summed E-state index contributed by atoms with van der Waals surface area (Å²) in [6.07, 6.45) is 0.195. The Balaban J connectivity index is 2.06. The summed E-state index contributed by atoms with van der Waals surface area (Å²) in [4.78, 5) is 40.4. The van der Waals surface area contributed by atoms with Crippen molar-refractivity contribution in [1.29, 1.82) is 0 Å². The van der Waals surface area contributed by atoms with E-state index in [1.54, 1.807) is 42.5 Å². The first-order chi connectivity index (χ1) is 13.8. The monoisotopic (exact) mass is 396 g/mol. The third kappa shape index (κ3) is 4.18. The van der Waals surface area contributed by atoms with Crippen LogP contribution < -0.4 is 20.9 Å². The highest BCUT2D eigenvalue weighted by Crippen LogP contribution is 2.25. The van der Waals surface area contributed by atoms with E-state index in [4.69, 9.17) is 9.84 Å². The molecule has 3 aromatic rings. The van der Waals surface area contributed by atoms with Gasteiger partial charge in [-0.3, -0.25) is 4.79 Å². The summed E-state index contributed by atoms with van der Waals surface area (Å²) in [6.45, 7) is 1.41. The molecule has 0 saturated carbocycles. The number of nitrogens with zero attached hydrogens (tertiary/aromatic N) is 3. The topological polar surface area (TPSA) is 117 Å². The fourth-order valence-electron chi connectivity index (χ4n) is 2.63. The molecule has 0 spiro atoms. The zero-order valence-electron chi connectivity index (χ0n) is 16.1. The van der Waals surface area contributed by atoms with Crippen molar-refractivity contribution in [3.8, 4) is 5.75 Å². The smallest absolute Gasteiger partial charge is 0.349 e. The first-order valence-electron chi connectivity index (χ1n) is 8.77. The Morgan fingerprint density at radius 3 is 2.66 bits per heavy atom. The number of hydrogen-bond donors (Lipinski definition) is 2. The van der Waals surface area contributed by atoms with Crippen LogP contribution in [0.15, 0.2) is 57.2 Å². The summed E-state index contributed by atoms with van der Waals surface area (Å²) in [5.74, 6) is -0.856. The van der Waals surface area contributed by atoms with Gasteiger partial charge in [0.2, 0.25) is 0 Å². The largest absolute Gasteiger partial charge is 0.479 e. The molecular weight excluding hydrogens is 376 g/mol. The molecule has 150 valence electrons. The molecule has 0 aliphatic rings. The van der Waals surface area contributed by atoms with Gasteiger partial charge in [0.25, 0.3) is 5.56 Å². The number of anilines is 1. The molecule has 0 aliphatic carbocycles. The fourth-order valence-corrected chi connectivity index (χ4v) is 2.63. The molecule has 0 fully saturated rings. The standard InChI is InChI=1S/C20H20N4O5/c1-12(19(26)27)29-17-10-14(23(2)3)9-8-13(17)11-21-24-18(25)15-6-4-5-7-16(15)22-20(24)28/h4-12H,1-3H3,(H,22,28)(H,26,27)/t12-/m1/s1. The SMILES string of the molecule is C[C@@H](Oc1cc(N(C)C)ccc1C=Nn1c(=O)[nH]c2ccccc2c1=O)C(=O)O.